The third-order valence-electron chi connectivity index (χ3n) is 5.36. The van der Waals surface area contributed by atoms with Crippen LogP contribution in [0.2, 0.25) is 0 Å². The highest BCUT2D eigenvalue weighted by Gasteiger charge is 2.32. The van der Waals surface area contributed by atoms with Gasteiger partial charge in [0.1, 0.15) is 11.9 Å². The van der Waals surface area contributed by atoms with Crippen LogP contribution in [-0.4, -0.2) is 33.6 Å². The van der Waals surface area contributed by atoms with Gasteiger partial charge in [0.25, 0.3) is 11.8 Å². The SMILES string of the molecule is Cc1ccc(NC(=O)c2ccc(CN3C(=O)c4ccc(N)cc4NC(=O)C3C)cc2)nc1. The van der Waals surface area contributed by atoms with Crippen molar-refractivity contribution in [3.8, 4) is 0 Å². The minimum atomic E-state index is -0.674. The number of anilines is 3. The van der Waals surface area contributed by atoms with E-state index in [9.17, 15) is 14.4 Å². The van der Waals surface area contributed by atoms with Crippen LogP contribution in [0.25, 0.3) is 0 Å². The number of carbonyl (C=O) groups is 3. The van der Waals surface area contributed by atoms with E-state index in [1.165, 1.54) is 4.90 Å². The zero-order valence-corrected chi connectivity index (χ0v) is 17.8. The smallest absolute Gasteiger partial charge is 0.256 e. The van der Waals surface area contributed by atoms with Gasteiger partial charge in [-0.05, 0) is 61.4 Å². The van der Waals surface area contributed by atoms with Crippen molar-refractivity contribution >= 4 is 34.9 Å². The van der Waals surface area contributed by atoms with Gasteiger partial charge >= 0.3 is 0 Å². The molecule has 2 aromatic carbocycles. The molecule has 0 bridgehead atoms. The van der Waals surface area contributed by atoms with Crippen molar-refractivity contribution in [3.63, 3.8) is 0 Å². The summed E-state index contributed by atoms with van der Waals surface area (Å²) in [7, 11) is 0. The molecule has 0 radical (unpaired) electrons. The van der Waals surface area contributed by atoms with Gasteiger partial charge in [0.15, 0.2) is 0 Å². The molecule has 4 rings (SSSR count). The summed E-state index contributed by atoms with van der Waals surface area (Å²) in [5.41, 5.74) is 9.32. The Morgan fingerprint density at radius 2 is 1.88 bits per heavy atom. The second kappa shape index (κ2) is 8.50. The average molecular weight is 429 g/mol. The first-order valence-corrected chi connectivity index (χ1v) is 10.2. The largest absolute Gasteiger partial charge is 0.399 e. The zero-order valence-electron chi connectivity index (χ0n) is 17.8. The number of benzene rings is 2. The van der Waals surface area contributed by atoms with E-state index in [1.54, 1.807) is 61.7 Å². The number of aryl methyl sites for hydroxylation is 1. The van der Waals surface area contributed by atoms with Crippen LogP contribution in [0.4, 0.5) is 17.2 Å². The number of nitrogens with zero attached hydrogens (tertiary/aromatic N) is 2. The van der Waals surface area contributed by atoms with E-state index in [0.717, 1.165) is 11.1 Å². The number of rotatable bonds is 4. The molecule has 1 aliphatic rings. The van der Waals surface area contributed by atoms with E-state index in [4.69, 9.17) is 5.73 Å². The lowest BCUT2D eigenvalue weighted by Crippen LogP contribution is -2.42. The lowest BCUT2D eigenvalue weighted by atomic mass is 10.1. The van der Waals surface area contributed by atoms with E-state index in [-0.39, 0.29) is 24.3 Å². The van der Waals surface area contributed by atoms with Gasteiger partial charge in [-0.1, -0.05) is 18.2 Å². The van der Waals surface area contributed by atoms with Gasteiger partial charge in [-0.3, -0.25) is 14.4 Å². The molecule has 0 fully saturated rings. The highest BCUT2D eigenvalue weighted by Crippen LogP contribution is 2.26. The Morgan fingerprint density at radius 1 is 1.12 bits per heavy atom. The van der Waals surface area contributed by atoms with Gasteiger partial charge in [0.05, 0.1) is 11.3 Å². The molecule has 8 heteroatoms. The Balaban J connectivity index is 1.51. The van der Waals surface area contributed by atoms with Crippen molar-refractivity contribution in [1.82, 2.24) is 9.88 Å². The number of pyridine rings is 1. The van der Waals surface area contributed by atoms with Gasteiger partial charge in [-0.25, -0.2) is 4.98 Å². The van der Waals surface area contributed by atoms with Gasteiger partial charge < -0.3 is 21.3 Å². The number of hydrogen-bond acceptors (Lipinski definition) is 5. The van der Waals surface area contributed by atoms with Crippen LogP contribution in [0.15, 0.2) is 60.8 Å². The molecular weight excluding hydrogens is 406 g/mol. The minimum Gasteiger partial charge on any atom is -0.399 e. The molecule has 32 heavy (non-hydrogen) atoms. The zero-order chi connectivity index (χ0) is 22.8. The third-order valence-corrected chi connectivity index (χ3v) is 5.36. The number of nitrogens with two attached hydrogens (primary N) is 1. The van der Waals surface area contributed by atoms with Crippen LogP contribution < -0.4 is 16.4 Å². The molecule has 4 N–H and O–H groups in total. The van der Waals surface area contributed by atoms with Crippen LogP contribution in [-0.2, 0) is 11.3 Å². The monoisotopic (exact) mass is 429 g/mol. The molecule has 3 amide bonds. The summed E-state index contributed by atoms with van der Waals surface area (Å²) in [6, 6.07) is 14.7. The Kier molecular flexibility index (Phi) is 5.59. The van der Waals surface area contributed by atoms with Crippen LogP contribution >= 0.6 is 0 Å². The maximum Gasteiger partial charge on any atom is 0.256 e. The van der Waals surface area contributed by atoms with Gasteiger partial charge in [0.2, 0.25) is 5.91 Å². The first kappa shape index (κ1) is 21.0. The summed E-state index contributed by atoms with van der Waals surface area (Å²) in [6.45, 7) is 3.82. The van der Waals surface area contributed by atoms with Crippen LogP contribution in [0, 0.1) is 6.92 Å². The van der Waals surface area contributed by atoms with Crippen LogP contribution in [0.5, 0.6) is 0 Å². The number of hydrogen-bond donors (Lipinski definition) is 3. The van der Waals surface area contributed by atoms with Gasteiger partial charge in [-0.15, -0.1) is 0 Å². The normalized spacial score (nSPS) is 15.6. The summed E-state index contributed by atoms with van der Waals surface area (Å²) >= 11 is 0. The Hall–Kier alpha value is -4.20. The fraction of sp³-hybridized carbons (Fsp3) is 0.167. The first-order chi connectivity index (χ1) is 15.3. The van der Waals surface area contributed by atoms with Gasteiger partial charge in [-0.2, -0.15) is 0 Å². The molecule has 1 atom stereocenters. The van der Waals surface area contributed by atoms with Crippen LogP contribution in [0.1, 0.15) is 38.8 Å². The summed E-state index contributed by atoms with van der Waals surface area (Å²) < 4.78 is 0. The second-order valence-corrected chi connectivity index (χ2v) is 7.78. The number of fused-ring (bicyclic) bond motifs is 1. The molecule has 2 heterocycles. The molecule has 3 aromatic rings. The van der Waals surface area contributed by atoms with Crippen molar-refractivity contribution in [2.75, 3.05) is 16.4 Å². The highest BCUT2D eigenvalue weighted by atomic mass is 16.2. The second-order valence-electron chi connectivity index (χ2n) is 7.78. The lowest BCUT2D eigenvalue weighted by Gasteiger charge is -2.26. The fourth-order valence-electron chi connectivity index (χ4n) is 3.46. The Labute approximate surface area is 185 Å². The van der Waals surface area contributed by atoms with E-state index >= 15 is 0 Å². The van der Waals surface area contributed by atoms with Gasteiger partial charge in [0, 0.05) is 24.0 Å². The molecule has 1 aromatic heterocycles. The van der Waals surface area contributed by atoms with Crippen molar-refractivity contribution < 1.29 is 14.4 Å². The highest BCUT2D eigenvalue weighted by molar-refractivity contribution is 6.10. The minimum absolute atomic E-state index is 0.221. The molecule has 1 aliphatic heterocycles. The molecule has 8 nitrogen and oxygen atoms in total. The average Bonchev–Trinajstić information content (AvgIpc) is 2.86. The summed E-state index contributed by atoms with van der Waals surface area (Å²) in [4.78, 5) is 43.9. The van der Waals surface area contributed by atoms with E-state index < -0.39 is 6.04 Å². The van der Waals surface area contributed by atoms with Crippen molar-refractivity contribution in [2.24, 2.45) is 0 Å². The van der Waals surface area contributed by atoms with E-state index in [0.29, 0.717) is 28.3 Å². The molecule has 162 valence electrons. The summed E-state index contributed by atoms with van der Waals surface area (Å²) in [5, 5.41) is 5.52. The molecular formula is C24H23N5O3. The van der Waals surface area contributed by atoms with Crippen molar-refractivity contribution in [1.29, 1.82) is 0 Å². The topological polar surface area (TPSA) is 117 Å². The lowest BCUT2D eigenvalue weighted by molar-refractivity contribution is -0.120. The predicted octanol–water partition coefficient (Wildman–Crippen LogP) is 3.21. The third kappa shape index (κ3) is 4.29. The number of amides is 3. The Morgan fingerprint density at radius 3 is 2.56 bits per heavy atom. The molecule has 0 spiro atoms. The number of carbonyl (C=O) groups excluding carboxylic acids is 3. The quantitative estimate of drug-likeness (QED) is 0.551. The summed E-state index contributed by atoms with van der Waals surface area (Å²) in [6.07, 6.45) is 1.68. The molecule has 0 saturated heterocycles. The van der Waals surface area contributed by atoms with Crippen LogP contribution in [0.3, 0.4) is 0 Å². The molecule has 0 aliphatic carbocycles. The fourth-order valence-corrected chi connectivity index (χ4v) is 3.46. The molecule has 0 saturated carbocycles. The van der Waals surface area contributed by atoms with E-state index in [1.807, 2.05) is 13.0 Å². The maximum absolute atomic E-state index is 13.1. The Bertz CT molecular complexity index is 1190. The predicted molar refractivity (Wildman–Crippen MR) is 122 cm³/mol. The standard InChI is InChI=1S/C24H23N5O3/c1-14-3-10-21(26-12-14)28-23(31)17-6-4-16(5-7-17)13-29-15(2)22(30)27-20-11-18(25)8-9-19(20)24(29)32/h3-12,15H,13,25H2,1-2H3,(H,27,30)(H,26,28,31). The first-order valence-electron chi connectivity index (χ1n) is 10.2. The maximum atomic E-state index is 13.1. The van der Waals surface area contributed by atoms with Crippen molar-refractivity contribution in [2.45, 2.75) is 26.4 Å². The number of nitrogens with one attached hydrogen (secondary N) is 2. The number of nitrogen functional groups attached to an aromatic ring is 1. The van der Waals surface area contributed by atoms with Crippen molar-refractivity contribution in [3.05, 3.63) is 83.0 Å². The summed E-state index contributed by atoms with van der Waals surface area (Å²) in [5.74, 6) is -0.362. The number of aromatic nitrogens is 1. The molecule has 1 unspecified atom stereocenters. The van der Waals surface area contributed by atoms with E-state index in [2.05, 4.69) is 15.6 Å².